The molecule has 2 heterocycles. The number of esters is 1. The number of epoxide rings is 1. The molecule has 1 N–H and O–H groups in total. The van der Waals surface area contributed by atoms with Crippen LogP contribution < -0.4 is 5.32 Å². The predicted octanol–water partition coefficient (Wildman–Crippen LogP) is 2.85. The SMILES string of the molecule is CC(C)(C)OC(=O)Nc1cnc(C2CO2)nc1C(=O)OC(C)(C)C. The molecular weight excluding hydrogens is 314 g/mol. The summed E-state index contributed by atoms with van der Waals surface area (Å²) in [5, 5.41) is 2.49. The molecule has 1 saturated heterocycles. The zero-order chi connectivity index (χ0) is 18.1. The summed E-state index contributed by atoms with van der Waals surface area (Å²) >= 11 is 0. The molecule has 8 nitrogen and oxygen atoms in total. The van der Waals surface area contributed by atoms with Gasteiger partial charge >= 0.3 is 12.1 Å². The number of anilines is 1. The topological polar surface area (TPSA) is 103 Å². The van der Waals surface area contributed by atoms with Gasteiger partial charge in [-0.15, -0.1) is 0 Å². The second-order valence-corrected chi connectivity index (χ2v) is 7.44. The maximum Gasteiger partial charge on any atom is 0.412 e. The van der Waals surface area contributed by atoms with Crippen molar-refractivity contribution in [1.29, 1.82) is 0 Å². The van der Waals surface area contributed by atoms with E-state index in [1.54, 1.807) is 41.5 Å². The van der Waals surface area contributed by atoms with Crippen LogP contribution in [-0.2, 0) is 14.2 Å². The Morgan fingerprint density at radius 1 is 1.17 bits per heavy atom. The fraction of sp³-hybridized carbons (Fsp3) is 0.625. The van der Waals surface area contributed by atoms with Crippen LogP contribution in [0.25, 0.3) is 0 Å². The summed E-state index contributed by atoms with van der Waals surface area (Å²) in [5.74, 6) is -0.275. The quantitative estimate of drug-likeness (QED) is 0.668. The highest BCUT2D eigenvalue weighted by Gasteiger charge is 2.31. The van der Waals surface area contributed by atoms with Crippen molar-refractivity contribution in [2.75, 3.05) is 11.9 Å². The Labute approximate surface area is 140 Å². The van der Waals surface area contributed by atoms with Crippen molar-refractivity contribution >= 4 is 17.7 Å². The number of hydrogen-bond donors (Lipinski definition) is 1. The zero-order valence-electron chi connectivity index (χ0n) is 14.8. The summed E-state index contributed by atoms with van der Waals surface area (Å²) in [6.45, 7) is 11.0. The lowest BCUT2D eigenvalue weighted by Gasteiger charge is -2.21. The Hall–Kier alpha value is -2.22. The molecule has 1 amide bonds. The first kappa shape index (κ1) is 18.1. The lowest BCUT2D eigenvalue weighted by Crippen LogP contribution is -2.29. The van der Waals surface area contributed by atoms with Crippen molar-refractivity contribution in [3.05, 3.63) is 17.7 Å². The van der Waals surface area contributed by atoms with E-state index in [1.807, 2.05) is 0 Å². The van der Waals surface area contributed by atoms with Crippen molar-refractivity contribution in [2.24, 2.45) is 0 Å². The van der Waals surface area contributed by atoms with Crippen LogP contribution >= 0.6 is 0 Å². The normalized spacial score (nSPS) is 17.2. The molecule has 1 aliphatic rings. The van der Waals surface area contributed by atoms with Gasteiger partial charge in [0.1, 0.15) is 17.3 Å². The van der Waals surface area contributed by atoms with Gasteiger partial charge in [0, 0.05) is 0 Å². The van der Waals surface area contributed by atoms with Crippen molar-refractivity contribution in [3.8, 4) is 0 Å². The molecule has 8 heteroatoms. The van der Waals surface area contributed by atoms with Crippen LogP contribution in [0.2, 0.25) is 0 Å². The molecule has 1 aromatic rings. The fourth-order valence-electron chi connectivity index (χ4n) is 1.73. The standard InChI is InChI=1S/C16H23N3O5/c1-15(2,3)23-13(20)11-9(18-14(21)24-16(4,5)6)7-17-12(19-11)10-8-22-10/h7,10H,8H2,1-6H3,(H,18,21). The van der Waals surface area contributed by atoms with Crippen LogP contribution in [0.5, 0.6) is 0 Å². The molecule has 0 aliphatic carbocycles. The third-order valence-corrected chi connectivity index (χ3v) is 2.66. The van der Waals surface area contributed by atoms with Gasteiger partial charge in [-0.25, -0.2) is 19.6 Å². The molecule has 0 saturated carbocycles. The van der Waals surface area contributed by atoms with Crippen LogP contribution in [-0.4, -0.2) is 39.8 Å². The smallest absolute Gasteiger partial charge is 0.412 e. The third kappa shape index (κ3) is 5.45. The number of nitrogens with one attached hydrogen (secondary N) is 1. The monoisotopic (exact) mass is 337 g/mol. The van der Waals surface area contributed by atoms with Crippen LogP contribution in [0.3, 0.4) is 0 Å². The number of amides is 1. The first-order valence-corrected chi connectivity index (χ1v) is 7.66. The molecule has 2 rings (SSSR count). The number of carbonyl (C=O) groups excluding carboxylic acids is 2. The number of hydrogen-bond acceptors (Lipinski definition) is 7. The second-order valence-electron chi connectivity index (χ2n) is 7.44. The van der Waals surface area contributed by atoms with Gasteiger partial charge in [0.15, 0.2) is 11.5 Å². The Balaban J connectivity index is 2.25. The summed E-state index contributed by atoms with van der Waals surface area (Å²) in [6, 6.07) is 0. The first-order chi connectivity index (χ1) is 10.9. The zero-order valence-corrected chi connectivity index (χ0v) is 14.8. The van der Waals surface area contributed by atoms with Crippen molar-refractivity contribution in [3.63, 3.8) is 0 Å². The van der Waals surface area contributed by atoms with Gasteiger partial charge in [0.2, 0.25) is 0 Å². The van der Waals surface area contributed by atoms with E-state index in [1.165, 1.54) is 6.20 Å². The molecule has 1 fully saturated rings. The van der Waals surface area contributed by atoms with Crippen molar-refractivity contribution in [1.82, 2.24) is 9.97 Å². The molecule has 1 unspecified atom stereocenters. The highest BCUT2D eigenvalue weighted by atomic mass is 16.6. The minimum Gasteiger partial charge on any atom is -0.455 e. The summed E-state index contributed by atoms with van der Waals surface area (Å²) in [7, 11) is 0. The Kier molecular flexibility index (Phi) is 4.80. The molecule has 24 heavy (non-hydrogen) atoms. The van der Waals surface area contributed by atoms with Gasteiger partial charge in [-0.2, -0.15) is 0 Å². The van der Waals surface area contributed by atoms with Crippen LogP contribution in [0.1, 0.15) is 64.0 Å². The molecule has 132 valence electrons. The summed E-state index contributed by atoms with van der Waals surface area (Å²) in [5.41, 5.74) is -1.26. The van der Waals surface area contributed by atoms with Gasteiger partial charge in [-0.05, 0) is 41.5 Å². The van der Waals surface area contributed by atoms with E-state index in [-0.39, 0.29) is 17.5 Å². The molecule has 0 radical (unpaired) electrons. The third-order valence-electron chi connectivity index (χ3n) is 2.66. The fourth-order valence-corrected chi connectivity index (χ4v) is 1.73. The Bertz CT molecular complexity index is 642. The summed E-state index contributed by atoms with van der Waals surface area (Å²) in [4.78, 5) is 32.7. The predicted molar refractivity (Wildman–Crippen MR) is 85.8 cm³/mol. The van der Waals surface area contributed by atoms with Crippen molar-refractivity contribution < 1.29 is 23.8 Å². The van der Waals surface area contributed by atoms with Gasteiger partial charge in [0.05, 0.1) is 18.5 Å². The highest BCUT2D eigenvalue weighted by Crippen LogP contribution is 2.28. The van der Waals surface area contributed by atoms with E-state index in [0.29, 0.717) is 12.4 Å². The van der Waals surface area contributed by atoms with Gasteiger partial charge < -0.3 is 14.2 Å². The average molecular weight is 337 g/mol. The molecule has 0 aromatic carbocycles. The van der Waals surface area contributed by atoms with Gasteiger partial charge in [0.25, 0.3) is 0 Å². The Morgan fingerprint density at radius 2 is 1.75 bits per heavy atom. The lowest BCUT2D eigenvalue weighted by molar-refractivity contribution is 0.00636. The summed E-state index contributed by atoms with van der Waals surface area (Å²) < 4.78 is 15.7. The Morgan fingerprint density at radius 3 is 2.25 bits per heavy atom. The number of nitrogens with zero attached hydrogens (tertiary/aromatic N) is 2. The number of carbonyl (C=O) groups is 2. The van der Waals surface area contributed by atoms with Gasteiger partial charge in [-0.1, -0.05) is 0 Å². The van der Waals surface area contributed by atoms with Crippen molar-refractivity contribution in [2.45, 2.75) is 58.8 Å². The lowest BCUT2D eigenvalue weighted by atomic mass is 10.2. The first-order valence-electron chi connectivity index (χ1n) is 7.66. The average Bonchev–Trinajstić information content (AvgIpc) is 3.18. The molecule has 1 aromatic heterocycles. The molecule has 1 aliphatic heterocycles. The van der Waals surface area contributed by atoms with Gasteiger partial charge in [-0.3, -0.25) is 5.32 Å². The molecule has 1 atom stereocenters. The number of aromatic nitrogens is 2. The van der Waals surface area contributed by atoms with Crippen LogP contribution in [0, 0.1) is 0 Å². The minimum atomic E-state index is -0.702. The molecular formula is C16H23N3O5. The number of rotatable bonds is 3. The number of ether oxygens (including phenoxy) is 3. The van der Waals surface area contributed by atoms with E-state index < -0.39 is 23.3 Å². The van der Waals surface area contributed by atoms with E-state index in [2.05, 4.69) is 15.3 Å². The second kappa shape index (κ2) is 6.35. The maximum absolute atomic E-state index is 12.4. The van der Waals surface area contributed by atoms with E-state index in [9.17, 15) is 9.59 Å². The minimum absolute atomic E-state index is 0.0312. The van der Waals surface area contributed by atoms with Crippen LogP contribution in [0.4, 0.5) is 10.5 Å². The van der Waals surface area contributed by atoms with E-state index in [4.69, 9.17) is 14.2 Å². The molecule has 0 spiro atoms. The highest BCUT2D eigenvalue weighted by molar-refractivity contribution is 5.98. The van der Waals surface area contributed by atoms with E-state index in [0.717, 1.165) is 0 Å². The largest absolute Gasteiger partial charge is 0.455 e. The summed E-state index contributed by atoms with van der Waals surface area (Å²) in [6.07, 6.45) is 0.431. The van der Waals surface area contributed by atoms with E-state index >= 15 is 0 Å². The maximum atomic E-state index is 12.4. The van der Waals surface area contributed by atoms with Crippen LogP contribution in [0.15, 0.2) is 6.20 Å². The molecule has 0 bridgehead atoms.